The van der Waals surface area contributed by atoms with Gasteiger partial charge in [0.15, 0.2) is 17.7 Å². The maximum atomic E-state index is 12.5. The molecule has 3 rings (SSSR count). The lowest BCUT2D eigenvalue weighted by atomic mass is 10.2. The van der Waals surface area contributed by atoms with E-state index in [1.54, 1.807) is 30.3 Å². The number of rotatable bonds is 6. The molecule has 0 atom stereocenters. The highest BCUT2D eigenvalue weighted by atomic mass is 32.2. The first-order chi connectivity index (χ1) is 13.4. The number of carbonyl (C=O) groups excluding carboxylic acids is 1. The lowest BCUT2D eigenvalue weighted by molar-refractivity contribution is -0.646. The number of hydrogen-bond donors (Lipinski definition) is 0. The number of carbonyl (C=O) groups is 1. The lowest BCUT2D eigenvalue weighted by Gasteiger charge is -2.11. The van der Waals surface area contributed by atoms with Crippen molar-refractivity contribution in [1.82, 2.24) is 0 Å². The van der Waals surface area contributed by atoms with Crippen LogP contribution < -0.4 is 14.2 Å². The summed E-state index contributed by atoms with van der Waals surface area (Å²) >= 11 is 0. The van der Waals surface area contributed by atoms with Gasteiger partial charge >= 0.3 is 11.0 Å². The zero-order valence-electron chi connectivity index (χ0n) is 14.9. The van der Waals surface area contributed by atoms with Crippen molar-refractivity contribution in [3.63, 3.8) is 0 Å². The number of aromatic nitrogens is 1. The molecule has 0 radical (unpaired) electrons. The molecule has 0 saturated carbocycles. The molecule has 0 bridgehead atoms. The van der Waals surface area contributed by atoms with Crippen molar-refractivity contribution in [1.29, 1.82) is 0 Å². The second-order valence-corrected chi connectivity index (χ2v) is 7.80. The Morgan fingerprint density at radius 3 is 2.39 bits per heavy atom. The van der Waals surface area contributed by atoms with Crippen LogP contribution in [0.2, 0.25) is 0 Å². The fourth-order valence-corrected chi connectivity index (χ4v) is 3.95. The standard InChI is InChI=1S/C20H17NO6S/c1-26-18-13-15(14-28(24,25)19-9-5-6-12-21(19)23)10-11-17(18)27-20(22)16-7-3-2-4-8-16/h2-13H,14H2,1H3. The van der Waals surface area contributed by atoms with Crippen molar-refractivity contribution in [2.45, 2.75) is 10.8 Å². The summed E-state index contributed by atoms with van der Waals surface area (Å²) in [5.41, 5.74) is 0.764. The average molecular weight is 399 g/mol. The topological polar surface area (TPSA) is 96.6 Å². The maximum absolute atomic E-state index is 12.5. The first kappa shape index (κ1) is 19.4. The number of pyridine rings is 1. The average Bonchev–Trinajstić information content (AvgIpc) is 2.69. The molecule has 144 valence electrons. The summed E-state index contributed by atoms with van der Waals surface area (Å²) in [7, 11) is -2.48. The summed E-state index contributed by atoms with van der Waals surface area (Å²) in [6, 6.07) is 17.1. The number of esters is 1. The maximum Gasteiger partial charge on any atom is 0.343 e. The molecule has 8 heteroatoms. The molecule has 3 aromatic rings. The van der Waals surface area contributed by atoms with E-state index in [0.717, 1.165) is 6.20 Å². The van der Waals surface area contributed by atoms with E-state index in [9.17, 15) is 18.4 Å². The quantitative estimate of drug-likeness (QED) is 0.273. The van der Waals surface area contributed by atoms with Crippen LogP contribution in [-0.2, 0) is 15.6 Å². The molecule has 0 N–H and O–H groups in total. The molecule has 0 saturated heterocycles. The Bertz CT molecular complexity index is 1100. The van der Waals surface area contributed by atoms with Crippen LogP contribution in [0.5, 0.6) is 11.5 Å². The minimum Gasteiger partial charge on any atom is -0.618 e. The Kier molecular flexibility index (Phi) is 5.60. The van der Waals surface area contributed by atoms with E-state index < -0.39 is 21.6 Å². The van der Waals surface area contributed by atoms with Crippen molar-refractivity contribution in [3.05, 3.63) is 89.3 Å². The van der Waals surface area contributed by atoms with Gasteiger partial charge in [-0.25, -0.2) is 13.2 Å². The van der Waals surface area contributed by atoms with Gasteiger partial charge < -0.3 is 14.7 Å². The smallest absolute Gasteiger partial charge is 0.343 e. The van der Waals surface area contributed by atoms with Gasteiger partial charge in [0.1, 0.15) is 0 Å². The Hall–Kier alpha value is -3.39. The highest BCUT2D eigenvalue weighted by molar-refractivity contribution is 7.90. The van der Waals surface area contributed by atoms with E-state index in [1.165, 1.54) is 43.5 Å². The van der Waals surface area contributed by atoms with E-state index in [4.69, 9.17) is 9.47 Å². The van der Waals surface area contributed by atoms with E-state index in [0.29, 0.717) is 15.9 Å². The van der Waals surface area contributed by atoms with Gasteiger partial charge in [0, 0.05) is 12.1 Å². The molecule has 7 nitrogen and oxygen atoms in total. The number of benzene rings is 2. The van der Waals surface area contributed by atoms with Crippen molar-refractivity contribution < 1.29 is 27.4 Å². The van der Waals surface area contributed by atoms with Gasteiger partial charge in [0.25, 0.3) is 0 Å². The van der Waals surface area contributed by atoms with E-state index in [2.05, 4.69) is 0 Å². The van der Waals surface area contributed by atoms with Gasteiger partial charge in [-0.2, -0.15) is 4.73 Å². The molecule has 1 aromatic heterocycles. The van der Waals surface area contributed by atoms with E-state index in [-0.39, 0.29) is 16.5 Å². The molecule has 28 heavy (non-hydrogen) atoms. The van der Waals surface area contributed by atoms with Gasteiger partial charge in [-0.1, -0.05) is 24.3 Å². The second kappa shape index (κ2) is 8.10. The van der Waals surface area contributed by atoms with Gasteiger partial charge in [-0.3, -0.25) is 0 Å². The Labute approximate surface area is 162 Å². The summed E-state index contributed by atoms with van der Waals surface area (Å²) in [5.74, 6) is -0.588. The highest BCUT2D eigenvalue weighted by Crippen LogP contribution is 2.30. The van der Waals surface area contributed by atoms with E-state index in [1.807, 2.05) is 0 Å². The molecular weight excluding hydrogens is 382 g/mol. The third-order valence-corrected chi connectivity index (χ3v) is 5.57. The highest BCUT2D eigenvalue weighted by Gasteiger charge is 2.24. The Morgan fingerprint density at radius 1 is 1.00 bits per heavy atom. The molecule has 1 heterocycles. The minimum absolute atomic E-state index is 0.163. The molecule has 0 spiro atoms. The normalized spacial score (nSPS) is 11.0. The number of nitrogens with zero attached hydrogens (tertiary/aromatic N) is 1. The third kappa shape index (κ3) is 4.29. The van der Waals surface area contributed by atoms with Crippen LogP contribution in [0.25, 0.3) is 0 Å². The van der Waals surface area contributed by atoms with Crippen molar-refractivity contribution in [3.8, 4) is 11.5 Å². The van der Waals surface area contributed by atoms with Crippen molar-refractivity contribution in [2.24, 2.45) is 0 Å². The van der Waals surface area contributed by atoms with Gasteiger partial charge in [-0.15, -0.1) is 0 Å². The summed E-state index contributed by atoms with van der Waals surface area (Å²) in [6.45, 7) is 0. The zero-order valence-corrected chi connectivity index (χ0v) is 15.8. The summed E-state index contributed by atoms with van der Waals surface area (Å²) in [6.07, 6.45) is 1.12. The van der Waals surface area contributed by atoms with Crippen molar-refractivity contribution >= 4 is 15.8 Å². The van der Waals surface area contributed by atoms with Crippen LogP contribution in [0.4, 0.5) is 0 Å². The van der Waals surface area contributed by atoms with E-state index >= 15 is 0 Å². The fraction of sp³-hybridized carbons (Fsp3) is 0.100. The molecule has 0 unspecified atom stereocenters. The minimum atomic E-state index is -3.86. The van der Waals surface area contributed by atoms with Crippen molar-refractivity contribution in [2.75, 3.05) is 7.11 Å². The van der Waals surface area contributed by atoms with Crippen LogP contribution in [0.15, 0.2) is 78.0 Å². The van der Waals surface area contributed by atoms with Gasteiger partial charge in [0.2, 0.25) is 9.84 Å². The largest absolute Gasteiger partial charge is 0.618 e. The SMILES string of the molecule is COc1cc(CS(=O)(=O)c2cccc[n+]2[O-])ccc1OC(=O)c1ccccc1. The number of hydrogen-bond acceptors (Lipinski definition) is 6. The second-order valence-electron chi connectivity index (χ2n) is 5.86. The molecular formula is C20H17NO6S. The zero-order chi connectivity index (χ0) is 20.1. The predicted molar refractivity (Wildman–Crippen MR) is 101 cm³/mol. The number of methoxy groups -OCH3 is 1. The van der Waals surface area contributed by atoms with Crippen LogP contribution in [0, 0.1) is 5.21 Å². The van der Waals surface area contributed by atoms with Crippen LogP contribution in [-0.4, -0.2) is 21.5 Å². The molecule has 0 fully saturated rings. The summed E-state index contributed by atoms with van der Waals surface area (Å²) in [5, 5.41) is 11.4. The summed E-state index contributed by atoms with van der Waals surface area (Å²) in [4.78, 5) is 12.2. The van der Waals surface area contributed by atoms with Gasteiger partial charge in [0.05, 0.1) is 18.4 Å². The molecule has 0 aliphatic rings. The lowest BCUT2D eigenvalue weighted by Crippen LogP contribution is -2.33. The monoisotopic (exact) mass is 399 g/mol. The first-order valence-electron chi connectivity index (χ1n) is 8.26. The molecule has 0 aliphatic carbocycles. The van der Waals surface area contributed by atoms with Gasteiger partial charge in [-0.05, 0) is 35.9 Å². The third-order valence-electron chi connectivity index (χ3n) is 3.90. The number of sulfone groups is 1. The predicted octanol–water partition coefficient (Wildman–Crippen LogP) is 2.52. The summed E-state index contributed by atoms with van der Waals surface area (Å²) < 4.78 is 35.9. The van der Waals surface area contributed by atoms with Crippen LogP contribution >= 0.6 is 0 Å². The number of ether oxygens (including phenoxy) is 2. The first-order valence-corrected chi connectivity index (χ1v) is 9.91. The Morgan fingerprint density at radius 2 is 1.71 bits per heavy atom. The Balaban J connectivity index is 1.83. The van der Waals surface area contributed by atoms with Crippen LogP contribution in [0.1, 0.15) is 15.9 Å². The fourth-order valence-electron chi connectivity index (χ4n) is 2.57. The molecule has 0 aliphatic heterocycles. The van der Waals surface area contributed by atoms with Crippen LogP contribution in [0.3, 0.4) is 0 Å². The molecule has 2 aromatic carbocycles. The molecule has 0 amide bonds.